The molecule has 0 bridgehead atoms. The number of nitrogens with one attached hydrogen (secondary N) is 2. The summed E-state index contributed by atoms with van der Waals surface area (Å²) in [4.78, 5) is 34.7. The molecule has 266 valence electrons. The quantitative estimate of drug-likeness (QED) is 0.0543. The molecule has 1 unspecified atom stereocenters. The Bertz CT molecular complexity index is 1560. The number of benzene rings is 2. The number of hydrogen-bond donors (Lipinski definition) is 3. The minimum Gasteiger partial charge on any atom is -0.496 e. The summed E-state index contributed by atoms with van der Waals surface area (Å²) in [5.74, 6) is -1.56. The van der Waals surface area contributed by atoms with Crippen molar-refractivity contribution in [2.24, 2.45) is 0 Å². The SMILES string of the molecule is CCCCCCCCCCCCCCCc1cccc(OC)c1C1C(C(=O)O)=C(C)NC(CSc2nc3ccccc3[nH]2)=C1C(=O)OCC. The number of para-hydroxylation sites is 2. The summed E-state index contributed by atoms with van der Waals surface area (Å²) in [5.41, 5.74) is 5.01. The van der Waals surface area contributed by atoms with Gasteiger partial charge in [0.25, 0.3) is 0 Å². The second-order valence-corrected chi connectivity index (χ2v) is 13.9. The van der Waals surface area contributed by atoms with E-state index >= 15 is 0 Å². The molecular formula is C40H55N3O5S. The number of esters is 1. The van der Waals surface area contributed by atoms with Gasteiger partial charge in [-0.25, -0.2) is 14.6 Å². The maximum atomic E-state index is 13.8. The van der Waals surface area contributed by atoms with Gasteiger partial charge in [0, 0.05) is 22.7 Å². The lowest BCUT2D eigenvalue weighted by molar-refractivity contribution is -0.138. The van der Waals surface area contributed by atoms with Crippen LogP contribution in [-0.4, -0.2) is 46.5 Å². The number of imidazole rings is 1. The van der Waals surface area contributed by atoms with Crippen molar-refractivity contribution in [3.63, 3.8) is 0 Å². The van der Waals surface area contributed by atoms with E-state index < -0.39 is 17.9 Å². The molecule has 4 rings (SSSR count). The summed E-state index contributed by atoms with van der Waals surface area (Å²) >= 11 is 1.45. The second-order valence-electron chi connectivity index (χ2n) is 12.9. The van der Waals surface area contributed by atoms with Gasteiger partial charge in [-0.1, -0.05) is 120 Å². The van der Waals surface area contributed by atoms with Crippen molar-refractivity contribution in [3.8, 4) is 5.75 Å². The molecule has 3 N–H and O–H groups in total. The van der Waals surface area contributed by atoms with Crippen LogP contribution in [0.3, 0.4) is 0 Å². The van der Waals surface area contributed by atoms with Gasteiger partial charge in [-0.3, -0.25) is 0 Å². The largest absolute Gasteiger partial charge is 0.496 e. The molecule has 1 aromatic heterocycles. The summed E-state index contributed by atoms with van der Waals surface area (Å²) in [5, 5.41) is 14.5. The molecule has 9 heteroatoms. The predicted molar refractivity (Wildman–Crippen MR) is 199 cm³/mol. The van der Waals surface area contributed by atoms with Crippen molar-refractivity contribution in [1.29, 1.82) is 0 Å². The second kappa shape index (κ2) is 20.1. The topological polar surface area (TPSA) is 114 Å². The van der Waals surface area contributed by atoms with Crippen LogP contribution in [-0.2, 0) is 20.7 Å². The average molecular weight is 690 g/mol. The monoisotopic (exact) mass is 689 g/mol. The first-order valence-corrected chi connectivity index (χ1v) is 19.2. The van der Waals surface area contributed by atoms with Crippen LogP contribution in [0.4, 0.5) is 0 Å². The van der Waals surface area contributed by atoms with Gasteiger partial charge in [-0.15, -0.1) is 0 Å². The third-order valence-electron chi connectivity index (χ3n) is 9.31. The van der Waals surface area contributed by atoms with Crippen LogP contribution in [0.5, 0.6) is 5.75 Å². The highest BCUT2D eigenvalue weighted by Crippen LogP contribution is 2.45. The molecule has 8 nitrogen and oxygen atoms in total. The standard InChI is InChI=1S/C40H55N3O5S/c1-5-7-8-9-10-11-12-13-14-15-16-17-18-22-29-23-21-26-33(47-4)35(29)37-34(38(44)45)28(3)41-32(36(37)39(46)48-6-2)27-49-40-42-30-24-19-20-25-31(30)43-40/h19-21,23-26,37,41H,5-18,22,27H2,1-4H3,(H,42,43)(H,44,45). The van der Waals surface area contributed by atoms with E-state index in [4.69, 9.17) is 9.47 Å². The number of fused-ring (bicyclic) bond motifs is 1. The Morgan fingerprint density at radius 3 is 2.12 bits per heavy atom. The van der Waals surface area contributed by atoms with Crippen LogP contribution in [0, 0.1) is 0 Å². The van der Waals surface area contributed by atoms with Crippen LogP contribution in [0.25, 0.3) is 11.0 Å². The summed E-state index contributed by atoms with van der Waals surface area (Å²) < 4.78 is 11.5. The van der Waals surface area contributed by atoms with Gasteiger partial charge in [0.1, 0.15) is 5.75 Å². The highest BCUT2D eigenvalue weighted by atomic mass is 32.2. The number of dihydropyridines is 1. The number of carboxylic acid groups (broad SMARTS) is 1. The van der Waals surface area contributed by atoms with E-state index in [1.54, 1.807) is 21.0 Å². The number of nitrogens with zero attached hydrogens (tertiary/aromatic N) is 1. The normalized spacial score (nSPS) is 14.7. The van der Waals surface area contributed by atoms with Crippen LogP contribution in [0.15, 0.2) is 70.2 Å². The van der Waals surface area contributed by atoms with Crippen LogP contribution in [0.1, 0.15) is 121 Å². The number of allylic oxidation sites excluding steroid dienone is 1. The minimum atomic E-state index is -1.08. The van der Waals surface area contributed by atoms with Gasteiger partial charge >= 0.3 is 11.9 Å². The molecule has 2 heterocycles. The zero-order chi connectivity index (χ0) is 35.0. The number of rotatable bonds is 22. The van der Waals surface area contributed by atoms with Crippen LogP contribution >= 0.6 is 11.8 Å². The fraction of sp³-hybridized carbons (Fsp3) is 0.525. The van der Waals surface area contributed by atoms with Gasteiger partial charge in [0.15, 0.2) is 5.16 Å². The molecule has 1 aliphatic heterocycles. The van der Waals surface area contributed by atoms with E-state index in [1.165, 1.54) is 82.4 Å². The van der Waals surface area contributed by atoms with Gasteiger partial charge in [-0.2, -0.15) is 0 Å². The van der Waals surface area contributed by atoms with E-state index in [2.05, 4.69) is 22.2 Å². The predicted octanol–water partition coefficient (Wildman–Crippen LogP) is 9.86. The average Bonchev–Trinajstić information content (AvgIpc) is 3.52. The Kier molecular flexibility index (Phi) is 15.6. The number of aryl methyl sites for hydroxylation is 1. The summed E-state index contributed by atoms with van der Waals surface area (Å²) in [7, 11) is 1.60. The Morgan fingerprint density at radius 2 is 1.51 bits per heavy atom. The molecule has 0 saturated carbocycles. The first-order chi connectivity index (χ1) is 23.9. The summed E-state index contributed by atoms with van der Waals surface area (Å²) in [6.07, 6.45) is 17.3. The fourth-order valence-electron chi connectivity index (χ4n) is 6.82. The van der Waals surface area contributed by atoms with Crippen LogP contribution < -0.4 is 10.1 Å². The number of hydrogen-bond acceptors (Lipinski definition) is 7. The molecule has 0 radical (unpaired) electrons. The lowest BCUT2D eigenvalue weighted by Crippen LogP contribution is -2.34. The summed E-state index contributed by atoms with van der Waals surface area (Å²) in [6, 6.07) is 13.7. The van der Waals surface area contributed by atoms with E-state index in [-0.39, 0.29) is 12.2 Å². The van der Waals surface area contributed by atoms with Crippen molar-refractivity contribution in [2.45, 2.75) is 122 Å². The van der Waals surface area contributed by atoms with Gasteiger partial charge < -0.3 is 24.9 Å². The molecular weight excluding hydrogens is 635 g/mol. The highest BCUT2D eigenvalue weighted by Gasteiger charge is 2.40. The van der Waals surface area contributed by atoms with Crippen molar-refractivity contribution in [1.82, 2.24) is 15.3 Å². The van der Waals surface area contributed by atoms with Gasteiger partial charge in [0.05, 0.1) is 41.8 Å². The number of aliphatic carboxylic acids is 1. The minimum absolute atomic E-state index is 0.122. The number of carbonyl (C=O) groups is 2. The Morgan fingerprint density at radius 1 is 0.857 bits per heavy atom. The molecule has 0 fully saturated rings. The van der Waals surface area contributed by atoms with Crippen molar-refractivity contribution >= 4 is 34.7 Å². The van der Waals surface area contributed by atoms with Crippen molar-refractivity contribution in [3.05, 3.63) is 76.1 Å². The van der Waals surface area contributed by atoms with E-state index in [1.807, 2.05) is 42.5 Å². The highest BCUT2D eigenvalue weighted by molar-refractivity contribution is 7.99. The van der Waals surface area contributed by atoms with E-state index in [0.29, 0.717) is 33.6 Å². The summed E-state index contributed by atoms with van der Waals surface area (Å²) in [6.45, 7) is 5.95. The van der Waals surface area contributed by atoms with Crippen LogP contribution in [0.2, 0.25) is 0 Å². The zero-order valence-corrected chi connectivity index (χ0v) is 30.7. The number of carboxylic acids is 1. The number of aromatic nitrogens is 2. The number of aromatic amines is 1. The number of H-pyrrole nitrogens is 1. The number of carbonyl (C=O) groups excluding carboxylic acids is 1. The third kappa shape index (κ3) is 10.6. The maximum Gasteiger partial charge on any atom is 0.336 e. The molecule has 2 aromatic carbocycles. The lowest BCUT2D eigenvalue weighted by atomic mass is 9.77. The first kappa shape index (κ1) is 38.1. The van der Waals surface area contributed by atoms with Gasteiger partial charge in [-0.05, 0) is 50.5 Å². The Balaban J connectivity index is 1.52. The molecule has 0 amide bonds. The Hall–Kier alpha value is -3.72. The zero-order valence-electron chi connectivity index (χ0n) is 29.9. The van der Waals surface area contributed by atoms with E-state index in [0.717, 1.165) is 41.4 Å². The van der Waals surface area contributed by atoms with Crippen molar-refractivity contribution in [2.75, 3.05) is 19.5 Å². The van der Waals surface area contributed by atoms with Gasteiger partial charge in [0.2, 0.25) is 0 Å². The first-order valence-electron chi connectivity index (χ1n) is 18.2. The maximum absolute atomic E-state index is 13.8. The number of ether oxygens (including phenoxy) is 2. The lowest BCUT2D eigenvalue weighted by Gasteiger charge is -2.32. The number of thioether (sulfide) groups is 1. The molecule has 1 aliphatic rings. The molecule has 0 saturated heterocycles. The third-order valence-corrected chi connectivity index (χ3v) is 10.2. The molecule has 1 atom stereocenters. The Labute approximate surface area is 296 Å². The molecule has 3 aromatic rings. The van der Waals surface area contributed by atoms with Crippen molar-refractivity contribution < 1.29 is 24.2 Å². The number of methoxy groups -OCH3 is 1. The molecule has 49 heavy (non-hydrogen) atoms. The van der Waals surface area contributed by atoms with E-state index in [9.17, 15) is 14.7 Å². The molecule has 0 aliphatic carbocycles. The smallest absolute Gasteiger partial charge is 0.336 e. The molecule has 0 spiro atoms. The number of unbranched alkanes of at least 4 members (excludes halogenated alkanes) is 12. The fourth-order valence-corrected chi connectivity index (χ4v) is 7.67.